The molecule has 0 amide bonds. The van der Waals surface area contributed by atoms with Crippen molar-refractivity contribution in [1.29, 1.82) is 0 Å². The molecule has 1 N–H and O–H groups in total. The zero-order chi connectivity index (χ0) is 26.2. The Kier molecular flexibility index (Phi) is 5.02. The van der Waals surface area contributed by atoms with Crippen molar-refractivity contribution in [3.63, 3.8) is 0 Å². The summed E-state index contributed by atoms with van der Waals surface area (Å²) in [5.74, 6) is -0.434. The Morgan fingerprint density at radius 3 is 2.24 bits per heavy atom. The molecule has 1 atom stereocenters. The van der Waals surface area contributed by atoms with Gasteiger partial charge in [0.2, 0.25) is 0 Å². The molecule has 0 saturated heterocycles. The van der Waals surface area contributed by atoms with E-state index in [1.54, 1.807) is 25.2 Å². The van der Waals surface area contributed by atoms with Crippen LogP contribution >= 0.6 is 0 Å². The van der Waals surface area contributed by atoms with E-state index in [2.05, 4.69) is 24.4 Å². The second-order valence-corrected chi connectivity index (χ2v) is 9.92. The van der Waals surface area contributed by atoms with Gasteiger partial charge < -0.3 is 9.88 Å². The summed E-state index contributed by atoms with van der Waals surface area (Å²) in [6.07, 6.45) is 0. The summed E-state index contributed by atoms with van der Waals surface area (Å²) >= 11 is 0. The largest absolute Gasteiger partial charge is 0.371 e. The first-order valence-electron chi connectivity index (χ1n) is 12.2. The molecule has 0 spiro atoms. The molecule has 37 heavy (non-hydrogen) atoms. The Morgan fingerprint density at radius 2 is 1.54 bits per heavy atom. The van der Waals surface area contributed by atoms with Crippen LogP contribution in [0.2, 0.25) is 0 Å². The highest BCUT2D eigenvalue weighted by molar-refractivity contribution is 5.99. The molecule has 2 aromatic heterocycles. The Bertz CT molecular complexity index is 1860. The molecule has 6 nitrogen and oxygen atoms in total. The highest BCUT2D eigenvalue weighted by Gasteiger charge is 2.35. The summed E-state index contributed by atoms with van der Waals surface area (Å²) in [5, 5.41) is 3.99. The minimum absolute atomic E-state index is 0.309. The van der Waals surface area contributed by atoms with Gasteiger partial charge in [0, 0.05) is 19.7 Å². The maximum absolute atomic E-state index is 15.4. The van der Waals surface area contributed by atoms with Crippen LogP contribution in [0.3, 0.4) is 0 Å². The van der Waals surface area contributed by atoms with E-state index in [0.717, 1.165) is 43.9 Å². The third-order valence-corrected chi connectivity index (χ3v) is 7.57. The van der Waals surface area contributed by atoms with E-state index in [0.29, 0.717) is 22.2 Å². The molecule has 6 rings (SSSR count). The van der Waals surface area contributed by atoms with Gasteiger partial charge in [0.05, 0.1) is 39.7 Å². The van der Waals surface area contributed by atoms with Crippen LogP contribution in [0.25, 0.3) is 27.8 Å². The van der Waals surface area contributed by atoms with E-state index >= 15 is 4.39 Å². The van der Waals surface area contributed by atoms with Crippen molar-refractivity contribution in [1.82, 2.24) is 13.7 Å². The van der Waals surface area contributed by atoms with Crippen molar-refractivity contribution in [2.45, 2.75) is 26.8 Å². The van der Waals surface area contributed by atoms with Gasteiger partial charge >= 0.3 is 5.69 Å². The number of fused-ring (bicyclic) bond motifs is 5. The zero-order valence-corrected chi connectivity index (χ0v) is 21.4. The van der Waals surface area contributed by atoms with Crippen LogP contribution in [0, 0.1) is 26.6 Å². The van der Waals surface area contributed by atoms with Crippen LogP contribution in [0.15, 0.2) is 70.3 Å². The van der Waals surface area contributed by atoms with E-state index in [9.17, 15) is 9.59 Å². The van der Waals surface area contributed by atoms with E-state index < -0.39 is 17.1 Å². The maximum Gasteiger partial charge on any atom is 0.331 e. The number of hydrogen-bond acceptors (Lipinski definition) is 3. The quantitative estimate of drug-likeness (QED) is 0.364. The lowest BCUT2D eigenvalue weighted by Gasteiger charge is -2.32. The lowest BCUT2D eigenvalue weighted by molar-refractivity contribution is 0.630. The SMILES string of the molecule is Cc1ccc([C@H]2Nc3cc(C)c(C)cc3-n3c(-c4ccccc4F)c4c(=O)n(C)c(=O)n(C)c4c32)cc1. The molecule has 186 valence electrons. The molecule has 0 fully saturated rings. The summed E-state index contributed by atoms with van der Waals surface area (Å²) in [6.45, 7) is 6.11. The van der Waals surface area contributed by atoms with Gasteiger partial charge in [-0.1, -0.05) is 42.0 Å². The van der Waals surface area contributed by atoms with Gasteiger partial charge in [0.1, 0.15) is 5.82 Å². The smallest absolute Gasteiger partial charge is 0.331 e. The van der Waals surface area contributed by atoms with Crippen molar-refractivity contribution in [3.05, 3.63) is 115 Å². The normalized spacial score (nSPS) is 14.4. The molecule has 1 aliphatic heterocycles. The second kappa shape index (κ2) is 8.06. The highest BCUT2D eigenvalue weighted by Crippen LogP contribution is 2.46. The number of nitrogens with zero attached hydrogens (tertiary/aromatic N) is 3. The van der Waals surface area contributed by atoms with Gasteiger partial charge in [0.15, 0.2) is 0 Å². The fourth-order valence-electron chi connectivity index (χ4n) is 5.45. The fourth-order valence-corrected chi connectivity index (χ4v) is 5.45. The van der Waals surface area contributed by atoms with Crippen LogP contribution < -0.4 is 16.6 Å². The summed E-state index contributed by atoms with van der Waals surface area (Å²) < 4.78 is 20.0. The number of aromatic nitrogens is 3. The minimum Gasteiger partial charge on any atom is -0.371 e. The summed E-state index contributed by atoms with van der Waals surface area (Å²) in [4.78, 5) is 26.9. The molecule has 0 bridgehead atoms. The number of aryl methyl sites for hydroxylation is 4. The average Bonchev–Trinajstić information content (AvgIpc) is 3.24. The first kappa shape index (κ1) is 23.0. The van der Waals surface area contributed by atoms with Crippen molar-refractivity contribution in [2.75, 3.05) is 5.32 Å². The van der Waals surface area contributed by atoms with Gasteiger partial charge in [-0.2, -0.15) is 0 Å². The Balaban J connectivity index is 1.89. The van der Waals surface area contributed by atoms with Crippen LogP contribution in [-0.2, 0) is 14.1 Å². The van der Waals surface area contributed by atoms with Crippen molar-refractivity contribution >= 4 is 16.6 Å². The molecule has 0 radical (unpaired) electrons. The second-order valence-electron chi connectivity index (χ2n) is 9.92. The average molecular weight is 495 g/mol. The Hall–Kier alpha value is -4.39. The molecular formula is C30H27FN4O2. The predicted molar refractivity (Wildman–Crippen MR) is 145 cm³/mol. The molecule has 0 unspecified atom stereocenters. The number of benzene rings is 3. The van der Waals surface area contributed by atoms with Crippen molar-refractivity contribution in [2.24, 2.45) is 14.1 Å². The monoisotopic (exact) mass is 494 g/mol. The van der Waals surface area contributed by atoms with E-state index in [1.165, 1.54) is 17.7 Å². The van der Waals surface area contributed by atoms with E-state index in [-0.39, 0.29) is 6.04 Å². The summed E-state index contributed by atoms with van der Waals surface area (Å²) in [5.41, 5.74) is 7.06. The fraction of sp³-hybridized carbons (Fsp3) is 0.200. The molecule has 1 aliphatic rings. The van der Waals surface area contributed by atoms with Gasteiger partial charge in [-0.05, 0) is 61.7 Å². The Labute approximate surface area is 213 Å². The Morgan fingerprint density at radius 1 is 0.865 bits per heavy atom. The molecule has 5 aromatic rings. The molecule has 3 heterocycles. The van der Waals surface area contributed by atoms with Crippen LogP contribution in [0.1, 0.15) is 34.0 Å². The minimum atomic E-state index is -0.453. The van der Waals surface area contributed by atoms with Crippen molar-refractivity contribution < 1.29 is 4.39 Å². The standard InChI is InChI=1S/C30H27FN4O2/c1-16-10-12-19(13-11-16)25-28-27-24(29(36)34(5)30(37)33(27)4)26(20-8-6-7-9-21(20)31)35(28)23-15-18(3)17(2)14-22(23)32-25/h6-15,25,32H,1-5H3/t25-/m1/s1. The number of rotatable bonds is 2. The zero-order valence-electron chi connectivity index (χ0n) is 21.4. The highest BCUT2D eigenvalue weighted by atomic mass is 19.1. The van der Waals surface area contributed by atoms with E-state index in [1.807, 2.05) is 42.7 Å². The predicted octanol–water partition coefficient (Wildman–Crippen LogP) is 5.27. The molecule has 0 aliphatic carbocycles. The lowest BCUT2D eigenvalue weighted by atomic mass is 9.97. The number of nitrogens with one attached hydrogen (secondary N) is 1. The molecule has 0 saturated carbocycles. The van der Waals surface area contributed by atoms with Crippen molar-refractivity contribution in [3.8, 4) is 16.9 Å². The van der Waals surface area contributed by atoms with Crippen LogP contribution in [0.5, 0.6) is 0 Å². The number of halogens is 1. The van der Waals surface area contributed by atoms with E-state index in [4.69, 9.17) is 0 Å². The first-order valence-corrected chi connectivity index (χ1v) is 12.2. The topological polar surface area (TPSA) is 61.0 Å². The summed E-state index contributed by atoms with van der Waals surface area (Å²) in [7, 11) is 3.13. The molecule has 3 aromatic carbocycles. The lowest BCUT2D eigenvalue weighted by Crippen LogP contribution is -2.37. The summed E-state index contributed by atoms with van der Waals surface area (Å²) in [6, 6.07) is 18.4. The third-order valence-electron chi connectivity index (χ3n) is 7.57. The molecular weight excluding hydrogens is 467 g/mol. The van der Waals surface area contributed by atoms with Gasteiger partial charge in [-0.15, -0.1) is 0 Å². The maximum atomic E-state index is 15.4. The van der Waals surface area contributed by atoms with Gasteiger partial charge in [-0.25, -0.2) is 9.18 Å². The molecule has 7 heteroatoms. The number of anilines is 1. The first-order chi connectivity index (χ1) is 17.7. The van der Waals surface area contributed by atoms with Gasteiger partial charge in [-0.3, -0.25) is 13.9 Å². The van der Waals surface area contributed by atoms with Crippen LogP contribution in [0.4, 0.5) is 10.1 Å². The number of hydrogen-bond donors (Lipinski definition) is 1. The van der Waals surface area contributed by atoms with Crippen LogP contribution in [-0.4, -0.2) is 13.7 Å². The third kappa shape index (κ3) is 3.23. The van der Waals surface area contributed by atoms with Gasteiger partial charge in [0.25, 0.3) is 5.56 Å².